The van der Waals surface area contributed by atoms with Crippen molar-refractivity contribution < 1.29 is 23.9 Å². The normalized spacial score (nSPS) is 12.8. The summed E-state index contributed by atoms with van der Waals surface area (Å²) in [5.41, 5.74) is 1.06. The van der Waals surface area contributed by atoms with Crippen LogP contribution in [0.5, 0.6) is 11.5 Å². The minimum absolute atomic E-state index is 0.199. The third-order valence-corrected chi connectivity index (χ3v) is 4.37. The Bertz CT molecular complexity index is 941. The first-order valence-electron chi connectivity index (χ1n) is 7.56. The van der Waals surface area contributed by atoms with Gasteiger partial charge in [0.05, 0.1) is 36.1 Å². The van der Waals surface area contributed by atoms with Gasteiger partial charge in [0.15, 0.2) is 0 Å². The standard InChI is InChI=1S/C18H15ClN2O5/c1-21-17(23)10-5-4-9(6-11(10)18(21)24)16(22)20-13-7-12(19)14(25-2)8-15(13)26-3/h4-8H,1-3H3,(H,20,22). The Hall–Kier alpha value is -3.06. The maximum atomic E-state index is 12.6. The largest absolute Gasteiger partial charge is 0.495 e. The molecule has 0 aliphatic carbocycles. The molecule has 1 aliphatic rings. The van der Waals surface area contributed by atoms with Crippen molar-refractivity contribution in [2.45, 2.75) is 0 Å². The SMILES string of the molecule is COc1cc(OC)c(NC(=O)c2ccc3c(c2)C(=O)N(C)C3=O)cc1Cl. The zero-order valence-corrected chi connectivity index (χ0v) is 15.0. The highest BCUT2D eigenvalue weighted by molar-refractivity contribution is 6.32. The topological polar surface area (TPSA) is 84.9 Å². The van der Waals surface area contributed by atoms with Gasteiger partial charge in [-0.15, -0.1) is 0 Å². The minimum atomic E-state index is -0.470. The molecule has 0 aromatic heterocycles. The molecule has 0 atom stereocenters. The van der Waals surface area contributed by atoms with Crippen LogP contribution in [0.1, 0.15) is 31.1 Å². The molecule has 3 amide bonds. The molecule has 8 heteroatoms. The summed E-state index contributed by atoms with van der Waals surface area (Å²) < 4.78 is 10.4. The molecule has 1 aliphatic heterocycles. The van der Waals surface area contributed by atoms with Gasteiger partial charge < -0.3 is 14.8 Å². The van der Waals surface area contributed by atoms with Crippen molar-refractivity contribution in [3.63, 3.8) is 0 Å². The number of halogens is 1. The van der Waals surface area contributed by atoms with Crippen molar-refractivity contribution in [3.05, 3.63) is 52.0 Å². The van der Waals surface area contributed by atoms with E-state index in [2.05, 4.69) is 5.32 Å². The fourth-order valence-electron chi connectivity index (χ4n) is 2.65. The predicted octanol–water partition coefficient (Wildman–Crippen LogP) is 2.84. The van der Waals surface area contributed by atoms with Crippen LogP contribution in [0.3, 0.4) is 0 Å². The molecule has 0 bridgehead atoms. The minimum Gasteiger partial charge on any atom is -0.495 e. The first-order chi connectivity index (χ1) is 12.4. The number of fused-ring (bicyclic) bond motifs is 1. The zero-order valence-electron chi connectivity index (χ0n) is 14.3. The molecular formula is C18H15ClN2O5. The Morgan fingerprint density at radius 1 is 1.00 bits per heavy atom. The van der Waals surface area contributed by atoms with E-state index in [9.17, 15) is 14.4 Å². The summed E-state index contributed by atoms with van der Waals surface area (Å²) in [5.74, 6) is -0.523. The van der Waals surface area contributed by atoms with Gasteiger partial charge in [-0.3, -0.25) is 19.3 Å². The van der Waals surface area contributed by atoms with Crippen molar-refractivity contribution in [1.82, 2.24) is 4.90 Å². The van der Waals surface area contributed by atoms with Crippen LogP contribution in [0.25, 0.3) is 0 Å². The van der Waals surface area contributed by atoms with Crippen molar-refractivity contribution in [3.8, 4) is 11.5 Å². The average molecular weight is 375 g/mol. The number of hydrogen-bond donors (Lipinski definition) is 1. The smallest absolute Gasteiger partial charge is 0.261 e. The molecular weight excluding hydrogens is 360 g/mol. The van der Waals surface area contributed by atoms with Gasteiger partial charge in [0.1, 0.15) is 11.5 Å². The highest BCUT2D eigenvalue weighted by Gasteiger charge is 2.33. The molecule has 0 unspecified atom stereocenters. The van der Waals surface area contributed by atoms with Crippen molar-refractivity contribution in [2.24, 2.45) is 0 Å². The van der Waals surface area contributed by atoms with Gasteiger partial charge >= 0.3 is 0 Å². The van der Waals surface area contributed by atoms with E-state index in [1.54, 1.807) is 6.07 Å². The Morgan fingerprint density at radius 3 is 2.31 bits per heavy atom. The van der Waals surface area contributed by atoms with Crippen LogP contribution >= 0.6 is 11.6 Å². The summed E-state index contributed by atoms with van der Waals surface area (Å²) in [6.07, 6.45) is 0. The molecule has 0 saturated carbocycles. The number of methoxy groups -OCH3 is 2. The average Bonchev–Trinajstić information content (AvgIpc) is 2.86. The summed E-state index contributed by atoms with van der Waals surface area (Å²) in [5, 5.41) is 2.99. The van der Waals surface area contributed by atoms with Crippen molar-refractivity contribution in [2.75, 3.05) is 26.6 Å². The lowest BCUT2D eigenvalue weighted by molar-refractivity contribution is 0.0693. The number of amides is 3. The van der Waals surface area contributed by atoms with Crippen LogP contribution in [0.4, 0.5) is 5.69 Å². The monoisotopic (exact) mass is 374 g/mol. The predicted molar refractivity (Wildman–Crippen MR) is 95.4 cm³/mol. The number of imide groups is 1. The molecule has 0 radical (unpaired) electrons. The first-order valence-corrected chi connectivity index (χ1v) is 7.94. The summed E-state index contributed by atoms with van der Waals surface area (Å²) in [7, 11) is 4.32. The highest BCUT2D eigenvalue weighted by atomic mass is 35.5. The third-order valence-electron chi connectivity index (χ3n) is 4.07. The number of rotatable bonds is 4. The molecule has 2 aromatic rings. The number of nitrogens with one attached hydrogen (secondary N) is 1. The van der Waals surface area contributed by atoms with Crippen LogP contribution in [0.15, 0.2) is 30.3 Å². The molecule has 134 valence electrons. The second-order valence-electron chi connectivity index (χ2n) is 5.57. The Morgan fingerprint density at radius 2 is 1.65 bits per heavy atom. The van der Waals surface area contributed by atoms with E-state index in [-0.39, 0.29) is 22.6 Å². The molecule has 26 heavy (non-hydrogen) atoms. The number of benzene rings is 2. The van der Waals surface area contributed by atoms with Crippen LogP contribution in [-0.4, -0.2) is 43.9 Å². The summed E-state index contributed by atoms with van der Waals surface area (Å²) >= 11 is 6.10. The molecule has 0 fully saturated rings. The van der Waals surface area contributed by atoms with E-state index < -0.39 is 11.8 Å². The number of nitrogens with zero attached hydrogens (tertiary/aromatic N) is 1. The fraction of sp³-hybridized carbons (Fsp3) is 0.167. The summed E-state index contributed by atoms with van der Waals surface area (Å²) in [6.45, 7) is 0. The van der Waals surface area contributed by atoms with E-state index in [0.717, 1.165) is 4.90 Å². The molecule has 7 nitrogen and oxygen atoms in total. The number of hydrogen-bond acceptors (Lipinski definition) is 5. The van der Waals surface area contributed by atoms with Crippen LogP contribution < -0.4 is 14.8 Å². The first kappa shape index (κ1) is 17.8. The van der Waals surface area contributed by atoms with Gasteiger partial charge in [-0.25, -0.2) is 0 Å². The van der Waals surface area contributed by atoms with Gasteiger partial charge in [-0.1, -0.05) is 11.6 Å². The molecule has 1 N–H and O–H groups in total. The maximum Gasteiger partial charge on any atom is 0.261 e. The van der Waals surface area contributed by atoms with E-state index in [1.807, 2.05) is 0 Å². The second kappa shape index (κ2) is 6.68. The molecule has 0 saturated heterocycles. The van der Waals surface area contributed by atoms with Crippen molar-refractivity contribution >= 4 is 35.0 Å². The molecule has 1 heterocycles. The van der Waals surface area contributed by atoms with E-state index in [1.165, 1.54) is 45.5 Å². The van der Waals surface area contributed by atoms with Gasteiger partial charge in [0.25, 0.3) is 17.7 Å². The van der Waals surface area contributed by atoms with Crippen LogP contribution in [0, 0.1) is 0 Å². The lowest BCUT2D eigenvalue weighted by atomic mass is 10.1. The molecule has 0 spiro atoms. The highest BCUT2D eigenvalue weighted by Crippen LogP contribution is 2.36. The number of carbonyl (C=O) groups is 3. The zero-order chi connectivity index (χ0) is 19.0. The summed E-state index contributed by atoms with van der Waals surface area (Å²) in [6, 6.07) is 7.40. The summed E-state index contributed by atoms with van der Waals surface area (Å²) in [4.78, 5) is 37.6. The van der Waals surface area contributed by atoms with Crippen LogP contribution in [0.2, 0.25) is 5.02 Å². The Balaban J connectivity index is 1.92. The third kappa shape index (κ3) is 2.86. The Kier molecular flexibility index (Phi) is 4.56. The maximum absolute atomic E-state index is 12.6. The number of carbonyl (C=O) groups excluding carboxylic acids is 3. The van der Waals surface area contributed by atoms with Gasteiger partial charge in [-0.2, -0.15) is 0 Å². The van der Waals surface area contributed by atoms with E-state index in [4.69, 9.17) is 21.1 Å². The Labute approximate surface area is 154 Å². The lowest BCUT2D eigenvalue weighted by Gasteiger charge is -2.13. The molecule has 2 aromatic carbocycles. The lowest BCUT2D eigenvalue weighted by Crippen LogP contribution is -2.24. The quantitative estimate of drug-likeness (QED) is 0.832. The van der Waals surface area contributed by atoms with Gasteiger partial charge in [0, 0.05) is 18.7 Å². The number of anilines is 1. The molecule has 3 rings (SSSR count). The van der Waals surface area contributed by atoms with Gasteiger partial charge in [-0.05, 0) is 24.3 Å². The number of ether oxygens (including phenoxy) is 2. The van der Waals surface area contributed by atoms with Crippen molar-refractivity contribution in [1.29, 1.82) is 0 Å². The van der Waals surface area contributed by atoms with E-state index in [0.29, 0.717) is 22.2 Å². The fourth-order valence-corrected chi connectivity index (χ4v) is 2.90. The van der Waals surface area contributed by atoms with E-state index >= 15 is 0 Å². The second-order valence-corrected chi connectivity index (χ2v) is 5.98. The van der Waals surface area contributed by atoms with Gasteiger partial charge in [0.2, 0.25) is 0 Å². The van der Waals surface area contributed by atoms with Crippen LogP contribution in [-0.2, 0) is 0 Å².